The molecule has 1 atom stereocenters. The molecule has 0 radical (unpaired) electrons. The molecule has 0 saturated carbocycles. The highest BCUT2D eigenvalue weighted by Gasteiger charge is 2.21. The number of amides is 1. The molecule has 0 aliphatic carbocycles. The van der Waals surface area contributed by atoms with E-state index in [-0.39, 0.29) is 11.9 Å². The van der Waals surface area contributed by atoms with Crippen LogP contribution in [0.1, 0.15) is 41.4 Å². The molecule has 128 valence electrons. The molecule has 3 nitrogen and oxygen atoms in total. The van der Waals surface area contributed by atoms with E-state index in [0.29, 0.717) is 12.1 Å². The Morgan fingerprint density at radius 2 is 1.71 bits per heavy atom. The summed E-state index contributed by atoms with van der Waals surface area (Å²) < 4.78 is 0. The van der Waals surface area contributed by atoms with Gasteiger partial charge in [0, 0.05) is 17.1 Å². The smallest absolute Gasteiger partial charge is 0.251 e. The molecule has 4 heteroatoms. The summed E-state index contributed by atoms with van der Waals surface area (Å²) in [5, 5.41) is 3.79. The van der Waals surface area contributed by atoms with Crippen molar-refractivity contribution in [3.05, 3.63) is 70.2 Å². The average molecular weight is 345 g/mol. The van der Waals surface area contributed by atoms with E-state index in [1.165, 1.54) is 0 Å². The average Bonchev–Trinajstić information content (AvgIpc) is 2.60. The van der Waals surface area contributed by atoms with E-state index in [1.54, 1.807) is 0 Å². The fourth-order valence-corrected chi connectivity index (χ4v) is 3.10. The Morgan fingerprint density at radius 3 is 2.29 bits per heavy atom. The first-order valence-electron chi connectivity index (χ1n) is 8.40. The van der Waals surface area contributed by atoms with Crippen molar-refractivity contribution < 1.29 is 4.79 Å². The summed E-state index contributed by atoms with van der Waals surface area (Å²) in [7, 11) is 0. The maximum Gasteiger partial charge on any atom is 0.251 e. The predicted octanol–water partition coefficient (Wildman–Crippen LogP) is 4.46. The van der Waals surface area contributed by atoms with Crippen LogP contribution in [0.15, 0.2) is 48.5 Å². The first-order valence-corrected chi connectivity index (χ1v) is 8.78. The number of nitrogens with one attached hydrogen (secondary N) is 1. The van der Waals surface area contributed by atoms with Gasteiger partial charge in [0.15, 0.2) is 0 Å². The van der Waals surface area contributed by atoms with Crippen LogP contribution in [0.25, 0.3) is 0 Å². The molecule has 0 fully saturated rings. The van der Waals surface area contributed by atoms with Crippen LogP contribution in [0, 0.1) is 6.92 Å². The third-order valence-electron chi connectivity index (χ3n) is 4.29. The monoisotopic (exact) mass is 344 g/mol. The lowest BCUT2D eigenvalue weighted by Crippen LogP contribution is -2.38. The molecule has 0 aromatic heterocycles. The Labute approximate surface area is 149 Å². The van der Waals surface area contributed by atoms with Crippen molar-refractivity contribution in [3.8, 4) is 0 Å². The Balaban J connectivity index is 2.15. The number of halogens is 1. The number of aryl methyl sites for hydroxylation is 1. The van der Waals surface area contributed by atoms with Gasteiger partial charge < -0.3 is 5.32 Å². The summed E-state index contributed by atoms with van der Waals surface area (Å²) >= 11 is 6.39. The molecule has 0 saturated heterocycles. The number of hydrogen-bond donors (Lipinski definition) is 1. The van der Waals surface area contributed by atoms with E-state index >= 15 is 0 Å². The van der Waals surface area contributed by atoms with E-state index in [9.17, 15) is 4.79 Å². The lowest BCUT2D eigenvalue weighted by molar-refractivity contribution is 0.0935. The minimum atomic E-state index is -0.0563. The molecular weight excluding hydrogens is 320 g/mol. The van der Waals surface area contributed by atoms with Gasteiger partial charge in [0.25, 0.3) is 5.91 Å². The number of rotatable bonds is 7. The molecule has 0 spiro atoms. The topological polar surface area (TPSA) is 32.3 Å². The van der Waals surface area contributed by atoms with Gasteiger partial charge in [-0.3, -0.25) is 9.69 Å². The summed E-state index contributed by atoms with van der Waals surface area (Å²) in [5.41, 5.74) is 2.87. The molecule has 1 amide bonds. The van der Waals surface area contributed by atoms with Crippen molar-refractivity contribution in [1.82, 2.24) is 10.2 Å². The van der Waals surface area contributed by atoms with Crippen LogP contribution in [0.2, 0.25) is 5.02 Å². The zero-order valence-electron chi connectivity index (χ0n) is 14.6. The minimum absolute atomic E-state index is 0.0563. The van der Waals surface area contributed by atoms with Crippen molar-refractivity contribution in [1.29, 1.82) is 0 Å². The van der Waals surface area contributed by atoms with Crippen LogP contribution < -0.4 is 5.32 Å². The van der Waals surface area contributed by atoms with Gasteiger partial charge >= 0.3 is 0 Å². The van der Waals surface area contributed by atoms with Gasteiger partial charge in [-0.05, 0) is 43.8 Å². The highest BCUT2D eigenvalue weighted by molar-refractivity contribution is 6.31. The first-order chi connectivity index (χ1) is 11.6. The van der Waals surface area contributed by atoms with Gasteiger partial charge in [-0.1, -0.05) is 61.3 Å². The largest absolute Gasteiger partial charge is 0.350 e. The third kappa shape index (κ3) is 4.59. The summed E-state index contributed by atoms with van der Waals surface area (Å²) in [6.07, 6.45) is 0. The van der Waals surface area contributed by atoms with Crippen LogP contribution in [-0.2, 0) is 0 Å². The van der Waals surface area contributed by atoms with Crippen LogP contribution in [0.4, 0.5) is 0 Å². The molecule has 1 N–H and O–H groups in total. The molecule has 2 aromatic rings. The predicted molar refractivity (Wildman–Crippen MR) is 101 cm³/mol. The molecule has 1 unspecified atom stereocenters. The van der Waals surface area contributed by atoms with E-state index in [4.69, 9.17) is 11.6 Å². The fourth-order valence-electron chi connectivity index (χ4n) is 2.84. The second-order valence-corrected chi connectivity index (χ2v) is 6.24. The van der Waals surface area contributed by atoms with Crippen molar-refractivity contribution in [2.75, 3.05) is 19.6 Å². The molecule has 0 aliphatic rings. The lowest BCUT2D eigenvalue weighted by atomic mass is 10.0. The number of nitrogens with zero attached hydrogens (tertiary/aromatic N) is 1. The van der Waals surface area contributed by atoms with Crippen molar-refractivity contribution in [3.63, 3.8) is 0 Å². The van der Waals surface area contributed by atoms with Crippen molar-refractivity contribution in [2.24, 2.45) is 0 Å². The molecule has 0 aliphatic heterocycles. The Morgan fingerprint density at radius 1 is 1.08 bits per heavy atom. The summed E-state index contributed by atoms with van der Waals surface area (Å²) in [4.78, 5) is 14.7. The van der Waals surface area contributed by atoms with E-state index in [0.717, 1.165) is 29.2 Å². The van der Waals surface area contributed by atoms with E-state index < -0.39 is 0 Å². The van der Waals surface area contributed by atoms with Gasteiger partial charge in [0.1, 0.15) is 0 Å². The fraction of sp³-hybridized carbons (Fsp3) is 0.350. The normalized spacial score (nSPS) is 12.2. The SMILES string of the molecule is CCN(CC)C(CNC(=O)c1ccc(C)cc1)c1ccccc1Cl. The maximum absolute atomic E-state index is 12.4. The van der Waals surface area contributed by atoms with E-state index in [2.05, 4.69) is 24.1 Å². The van der Waals surface area contributed by atoms with Gasteiger partial charge in [0.2, 0.25) is 0 Å². The van der Waals surface area contributed by atoms with Crippen LogP contribution in [0.5, 0.6) is 0 Å². The first kappa shape index (κ1) is 18.5. The van der Waals surface area contributed by atoms with Crippen LogP contribution in [-0.4, -0.2) is 30.4 Å². The zero-order chi connectivity index (χ0) is 17.5. The van der Waals surface area contributed by atoms with Gasteiger partial charge in [-0.25, -0.2) is 0 Å². The molecule has 2 aromatic carbocycles. The van der Waals surface area contributed by atoms with Gasteiger partial charge in [0.05, 0.1) is 6.04 Å². The second kappa shape index (κ2) is 8.86. The zero-order valence-corrected chi connectivity index (χ0v) is 15.3. The quantitative estimate of drug-likeness (QED) is 0.804. The van der Waals surface area contributed by atoms with E-state index in [1.807, 2.05) is 55.5 Å². The van der Waals surface area contributed by atoms with Gasteiger partial charge in [-0.15, -0.1) is 0 Å². The van der Waals surface area contributed by atoms with Crippen molar-refractivity contribution >= 4 is 17.5 Å². The van der Waals surface area contributed by atoms with Crippen LogP contribution >= 0.6 is 11.6 Å². The minimum Gasteiger partial charge on any atom is -0.350 e. The number of benzene rings is 2. The summed E-state index contributed by atoms with van der Waals surface area (Å²) in [6.45, 7) is 8.57. The van der Waals surface area contributed by atoms with Gasteiger partial charge in [-0.2, -0.15) is 0 Å². The van der Waals surface area contributed by atoms with Crippen LogP contribution in [0.3, 0.4) is 0 Å². The standard InChI is InChI=1S/C20H25ClN2O/c1-4-23(5-2)19(17-8-6-7-9-18(17)21)14-22-20(24)16-12-10-15(3)11-13-16/h6-13,19H,4-5,14H2,1-3H3,(H,22,24). The van der Waals surface area contributed by atoms with Crippen molar-refractivity contribution in [2.45, 2.75) is 26.8 Å². The molecular formula is C20H25ClN2O. The number of carbonyl (C=O) groups is 1. The molecule has 0 bridgehead atoms. The summed E-state index contributed by atoms with van der Waals surface area (Å²) in [6, 6.07) is 15.5. The molecule has 24 heavy (non-hydrogen) atoms. The number of hydrogen-bond acceptors (Lipinski definition) is 2. The third-order valence-corrected chi connectivity index (χ3v) is 4.63. The lowest BCUT2D eigenvalue weighted by Gasteiger charge is -2.31. The number of likely N-dealkylation sites (N-methyl/N-ethyl adjacent to an activating group) is 1. The second-order valence-electron chi connectivity index (χ2n) is 5.83. The Kier molecular flexibility index (Phi) is 6.83. The summed E-state index contributed by atoms with van der Waals surface area (Å²) in [5.74, 6) is -0.0563. The molecule has 2 rings (SSSR count). The highest BCUT2D eigenvalue weighted by Crippen LogP contribution is 2.27. The Hall–Kier alpha value is -1.84. The number of carbonyl (C=O) groups excluding carboxylic acids is 1. The molecule has 0 heterocycles. The highest BCUT2D eigenvalue weighted by atomic mass is 35.5. The Bertz CT molecular complexity index is 666. The maximum atomic E-state index is 12.4.